The molecule has 0 aliphatic carbocycles. The molecule has 2 unspecified atom stereocenters. The maximum atomic E-state index is 11.6. The van der Waals surface area contributed by atoms with Gasteiger partial charge in [0.2, 0.25) is 5.91 Å². The van der Waals surface area contributed by atoms with Crippen LogP contribution in [-0.2, 0) is 4.79 Å². The topological polar surface area (TPSA) is 44.4 Å². The van der Waals surface area contributed by atoms with Gasteiger partial charge in [-0.25, -0.2) is 0 Å². The van der Waals surface area contributed by atoms with Crippen molar-refractivity contribution in [2.75, 3.05) is 26.7 Å². The number of carbonyl (C=O) groups excluding carboxylic acids is 1. The molecule has 1 aliphatic rings. The molecular weight excluding hydrogens is 190 g/mol. The number of rotatable bonds is 5. The van der Waals surface area contributed by atoms with Gasteiger partial charge in [-0.3, -0.25) is 4.79 Å². The van der Waals surface area contributed by atoms with Gasteiger partial charge in [-0.1, -0.05) is 6.92 Å². The molecule has 1 rings (SSSR count). The lowest BCUT2D eigenvalue weighted by atomic mass is 10.2. The molecule has 1 saturated heterocycles. The Kier molecular flexibility index (Phi) is 5.05. The summed E-state index contributed by atoms with van der Waals surface area (Å²) in [6.45, 7) is 6.94. The third-order valence-electron chi connectivity index (χ3n) is 2.82. The number of carbonyl (C=O) groups is 1. The predicted molar refractivity (Wildman–Crippen MR) is 61.8 cm³/mol. The summed E-state index contributed by atoms with van der Waals surface area (Å²) in [4.78, 5) is 13.9. The first-order valence-corrected chi connectivity index (χ1v) is 5.85. The summed E-state index contributed by atoms with van der Waals surface area (Å²) in [5.41, 5.74) is 0. The van der Waals surface area contributed by atoms with Gasteiger partial charge in [0, 0.05) is 19.1 Å². The molecule has 1 fully saturated rings. The quantitative estimate of drug-likeness (QED) is 0.685. The Morgan fingerprint density at radius 3 is 2.87 bits per heavy atom. The van der Waals surface area contributed by atoms with Gasteiger partial charge in [0.05, 0.1) is 6.04 Å². The van der Waals surface area contributed by atoms with Crippen molar-refractivity contribution >= 4 is 5.91 Å². The SMILES string of the molecule is CCCNC(=O)C(C)NC1CCN(C)C1. The lowest BCUT2D eigenvalue weighted by molar-refractivity contribution is -0.122. The third-order valence-corrected chi connectivity index (χ3v) is 2.82. The highest BCUT2D eigenvalue weighted by atomic mass is 16.2. The van der Waals surface area contributed by atoms with Crippen molar-refractivity contribution in [2.45, 2.75) is 38.8 Å². The normalized spacial score (nSPS) is 24.1. The Bertz CT molecular complexity index is 208. The minimum absolute atomic E-state index is 0.0759. The van der Waals surface area contributed by atoms with Gasteiger partial charge in [0.25, 0.3) is 0 Å². The zero-order valence-corrected chi connectivity index (χ0v) is 10.0. The summed E-state index contributed by atoms with van der Waals surface area (Å²) in [6.07, 6.45) is 2.13. The molecule has 0 aromatic heterocycles. The van der Waals surface area contributed by atoms with Gasteiger partial charge in [0.1, 0.15) is 0 Å². The van der Waals surface area contributed by atoms with E-state index in [0.29, 0.717) is 6.04 Å². The Labute approximate surface area is 92.4 Å². The Morgan fingerprint density at radius 2 is 2.33 bits per heavy atom. The number of nitrogens with zero attached hydrogens (tertiary/aromatic N) is 1. The van der Waals surface area contributed by atoms with Gasteiger partial charge < -0.3 is 15.5 Å². The van der Waals surface area contributed by atoms with Gasteiger partial charge in [0.15, 0.2) is 0 Å². The summed E-state index contributed by atoms with van der Waals surface area (Å²) in [6, 6.07) is 0.394. The van der Waals surface area contributed by atoms with Crippen LogP contribution < -0.4 is 10.6 Å². The van der Waals surface area contributed by atoms with Crippen LogP contribution in [0.5, 0.6) is 0 Å². The number of amides is 1. The molecule has 0 aromatic carbocycles. The average Bonchev–Trinajstić information content (AvgIpc) is 2.60. The molecule has 0 aromatic rings. The minimum atomic E-state index is -0.0759. The molecule has 1 amide bonds. The molecule has 1 aliphatic heterocycles. The lowest BCUT2D eigenvalue weighted by Crippen LogP contribution is -2.47. The van der Waals surface area contributed by atoms with E-state index in [1.165, 1.54) is 0 Å². The standard InChI is InChI=1S/C11H23N3O/c1-4-6-12-11(15)9(2)13-10-5-7-14(3)8-10/h9-10,13H,4-8H2,1-3H3,(H,12,15). The Balaban J connectivity index is 2.22. The van der Waals surface area contributed by atoms with Crippen molar-refractivity contribution in [3.63, 3.8) is 0 Å². The molecular formula is C11H23N3O. The van der Waals surface area contributed by atoms with E-state index in [0.717, 1.165) is 32.5 Å². The van der Waals surface area contributed by atoms with E-state index in [9.17, 15) is 4.79 Å². The summed E-state index contributed by atoms with van der Waals surface area (Å²) in [5.74, 6) is 0.117. The number of hydrogen-bond acceptors (Lipinski definition) is 3. The van der Waals surface area contributed by atoms with E-state index in [2.05, 4.69) is 29.5 Å². The first-order chi connectivity index (χ1) is 7.13. The molecule has 4 nitrogen and oxygen atoms in total. The first-order valence-electron chi connectivity index (χ1n) is 5.85. The van der Waals surface area contributed by atoms with E-state index < -0.39 is 0 Å². The van der Waals surface area contributed by atoms with Crippen LogP contribution in [0.25, 0.3) is 0 Å². The summed E-state index contributed by atoms with van der Waals surface area (Å²) < 4.78 is 0. The van der Waals surface area contributed by atoms with Crippen LogP contribution in [-0.4, -0.2) is 49.6 Å². The molecule has 0 saturated carbocycles. The largest absolute Gasteiger partial charge is 0.355 e. The zero-order valence-electron chi connectivity index (χ0n) is 10.0. The summed E-state index contributed by atoms with van der Waals surface area (Å²) >= 11 is 0. The second kappa shape index (κ2) is 6.08. The van der Waals surface area contributed by atoms with Crippen LogP contribution in [0.4, 0.5) is 0 Å². The van der Waals surface area contributed by atoms with E-state index in [1.807, 2.05) is 6.92 Å². The highest BCUT2D eigenvalue weighted by Gasteiger charge is 2.22. The second-order valence-electron chi connectivity index (χ2n) is 4.43. The third kappa shape index (κ3) is 4.18. The molecule has 15 heavy (non-hydrogen) atoms. The van der Waals surface area contributed by atoms with Crippen LogP contribution in [0, 0.1) is 0 Å². The monoisotopic (exact) mass is 213 g/mol. The molecule has 0 bridgehead atoms. The van der Waals surface area contributed by atoms with Gasteiger partial charge in [-0.05, 0) is 33.4 Å². The van der Waals surface area contributed by atoms with Crippen LogP contribution in [0.1, 0.15) is 26.7 Å². The van der Waals surface area contributed by atoms with Crippen LogP contribution in [0.2, 0.25) is 0 Å². The van der Waals surface area contributed by atoms with Crippen LogP contribution >= 0.6 is 0 Å². The molecule has 4 heteroatoms. The van der Waals surface area contributed by atoms with Crippen molar-refractivity contribution in [3.8, 4) is 0 Å². The Hall–Kier alpha value is -0.610. The van der Waals surface area contributed by atoms with Gasteiger partial charge in [-0.2, -0.15) is 0 Å². The number of likely N-dealkylation sites (tertiary alicyclic amines) is 1. The lowest BCUT2D eigenvalue weighted by Gasteiger charge is -2.18. The van der Waals surface area contributed by atoms with Crippen LogP contribution in [0.3, 0.4) is 0 Å². The number of likely N-dealkylation sites (N-methyl/N-ethyl adjacent to an activating group) is 1. The molecule has 88 valence electrons. The van der Waals surface area contributed by atoms with Gasteiger partial charge in [-0.15, -0.1) is 0 Å². The molecule has 0 radical (unpaired) electrons. The van der Waals surface area contributed by atoms with Crippen LogP contribution in [0.15, 0.2) is 0 Å². The first kappa shape index (κ1) is 12.5. The van der Waals surface area contributed by atoms with Crippen molar-refractivity contribution in [2.24, 2.45) is 0 Å². The molecule has 2 N–H and O–H groups in total. The highest BCUT2D eigenvalue weighted by Crippen LogP contribution is 2.06. The smallest absolute Gasteiger partial charge is 0.236 e. The molecule has 2 atom stereocenters. The summed E-state index contributed by atoms with van der Waals surface area (Å²) in [7, 11) is 2.11. The zero-order chi connectivity index (χ0) is 11.3. The fourth-order valence-corrected chi connectivity index (χ4v) is 1.90. The van der Waals surface area contributed by atoms with Crippen molar-refractivity contribution in [1.82, 2.24) is 15.5 Å². The maximum Gasteiger partial charge on any atom is 0.236 e. The Morgan fingerprint density at radius 1 is 1.60 bits per heavy atom. The number of nitrogens with one attached hydrogen (secondary N) is 2. The van der Waals surface area contributed by atoms with Gasteiger partial charge >= 0.3 is 0 Å². The van der Waals surface area contributed by atoms with E-state index in [4.69, 9.17) is 0 Å². The maximum absolute atomic E-state index is 11.6. The second-order valence-corrected chi connectivity index (χ2v) is 4.43. The average molecular weight is 213 g/mol. The van der Waals surface area contributed by atoms with E-state index in [-0.39, 0.29) is 11.9 Å². The van der Waals surface area contributed by atoms with Crippen molar-refractivity contribution in [1.29, 1.82) is 0 Å². The fourth-order valence-electron chi connectivity index (χ4n) is 1.90. The van der Waals surface area contributed by atoms with Crippen molar-refractivity contribution in [3.05, 3.63) is 0 Å². The molecule has 1 heterocycles. The van der Waals surface area contributed by atoms with E-state index >= 15 is 0 Å². The van der Waals surface area contributed by atoms with E-state index in [1.54, 1.807) is 0 Å². The summed E-state index contributed by atoms with van der Waals surface area (Å²) in [5, 5.41) is 6.27. The number of hydrogen-bond donors (Lipinski definition) is 2. The predicted octanol–water partition coefficient (Wildman–Crippen LogP) is 0.195. The molecule has 0 spiro atoms. The van der Waals surface area contributed by atoms with Crippen molar-refractivity contribution < 1.29 is 4.79 Å². The fraction of sp³-hybridized carbons (Fsp3) is 0.909. The minimum Gasteiger partial charge on any atom is -0.355 e. The highest BCUT2D eigenvalue weighted by molar-refractivity contribution is 5.81.